The molecule has 2 aromatic heterocycles. The Kier molecular flexibility index (Phi) is 5.33. The second kappa shape index (κ2) is 7.83. The van der Waals surface area contributed by atoms with Gasteiger partial charge in [-0.05, 0) is 36.2 Å². The molecule has 0 amide bonds. The van der Waals surface area contributed by atoms with E-state index in [1.54, 1.807) is 31.5 Å². The molecule has 8 heteroatoms. The predicted molar refractivity (Wildman–Crippen MR) is 90.3 cm³/mol. The van der Waals surface area contributed by atoms with Crippen LogP contribution in [0.1, 0.15) is 23.1 Å². The smallest absolute Gasteiger partial charge is 0.327 e. The van der Waals surface area contributed by atoms with Crippen LogP contribution in [0.4, 0.5) is 4.39 Å². The number of aryl methyl sites for hydroxylation is 1. The van der Waals surface area contributed by atoms with Crippen LogP contribution in [-0.4, -0.2) is 28.2 Å². The van der Waals surface area contributed by atoms with E-state index >= 15 is 0 Å². The molecule has 0 unspecified atom stereocenters. The Balaban J connectivity index is 1.75. The van der Waals surface area contributed by atoms with Gasteiger partial charge in [-0.15, -0.1) is 0 Å². The summed E-state index contributed by atoms with van der Waals surface area (Å²) in [5, 5.41) is 6.90. The zero-order chi connectivity index (χ0) is 18.5. The number of ether oxygens (including phenoxy) is 1. The maximum atomic E-state index is 13.5. The Morgan fingerprint density at radius 1 is 1.38 bits per heavy atom. The van der Waals surface area contributed by atoms with Crippen LogP contribution in [0.25, 0.3) is 11.4 Å². The molecule has 0 aliphatic rings. The highest BCUT2D eigenvalue weighted by atomic mass is 19.1. The fraction of sp³-hybridized carbons (Fsp3) is 0.222. The minimum Gasteiger partial charge on any atom is -0.468 e. The standard InChI is InChI=1S/C18H17FN4O3/c1-11-8-12(5-6-14(11)19)16(18(24)25-2)21-10-15-22-17(23-26-15)13-4-3-7-20-9-13/h3-9,16,21H,10H2,1-2H3/t16-/m1/s1. The normalized spacial score (nSPS) is 12.0. The van der Waals surface area contributed by atoms with Gasteiger partial charge in [0.2, 0.25) is 11.7 Å². The summed E-state index contributed by atoms with van der Waals surface area (Å²) in [5.41, 5.74) is 1.75. The van der Waals surface area contributed by atoms with Crippen LogP contribution in [0.2, 0.25) is 0 Å². The van der Waals surface area contributed by atoms with Gasteiger partial charge in [0.05, 0.1) is 13.7 Å². The third-order valence-electron chi connectivity index (χ3n) is 3.80. The number of pyridine rings is 1. The van der Waals surface area contributed by atoms with Gasteiger partial charge < -0.3 is 9.26 Å². The first kappa shape index (κ1) is 17.7. The monoisotopic (exact) mass is 356 g/mol. The second-order valence-electron chi connectivity index (χ2n) is 5.60. The second-order valence-corrected chi connectivity index (χ2v) is 5.60. The van der Waals surface area contributed by atoms with Crippen molar-refractivity contribution in [2.24, 2.45) is 0 Å². The van der Waals surface area contributed by atoms with Crippen molar-refractivity contribution in [1.82, 2.24) is 20.4 Å². The van der Waals surface area contributed by atoms with Gasteiger partial charge in [-0.2, -0.15) is 4.98 Å². The van der Waals surface area contributed by atoms with Crippen LogP contribution in [0, 0.1) is 12.7 Å². The van der Waals surface area contributed by atoms with E-state index in [1.165, 1.54) is 19.2 Å². The molecule has 0 bridgehead atoms. The Morgan fingerprint density at radius 3 is 2.92 bits per heavy atom. The van der Waals surface area contributed by atoms with Crippen LogP contribution in [0.3, 0.4) is 0 Å². The summed E-state index contributed by atoms with van der Waals surface area (Å²) in [7, 11) is 1.29. The van der Waals surface area contributed by atoms with E-state index in [4.69, 9.17) is 9.26 Å². The van der Waals surface area contributed by atoms with Gasteiger partial charge in [-0.25, -0.2) is 9.18 Å². The molecule has 134 valence electrons. The number of nitrogens with one attached hydrogen (secondary N) is 1. The lowest BCUT2D eigenvalue weighted by atomic mass is 10.0. The first-order chi connectivity index (χ1) is 12.6. The molecule has 0 saturated heterocycles. The van der Waals surface area contributed by atoms with Crippen molar-refractivity contribution in [2.75, 3.05) is 7.11 Å². The van der Waals surface area contributed by atoms with Crippen LogP contribution >= 0.6 is 0 Å². The van der Waals surface area contributed by atoms with Crippen molar-refractivity contribution in [3.63, 3.8) is 0 Å². The van der Waals surface area contributed by atoms with Crippen LogP contribution in [0.15, 0.2) is 47.2 Å². The molecule has 7 nitrogen and oxygen atoms in total. The lowest BCUT2D eigenvalue weighted by molar-refractivity contribution is -0.143. The molecule has 1 N–H and O–H groups in total. The summed E-state index contributed by atoms with van der Waals surface area (Å²) in [5.74, 6) is -0.128. The number of aromatic nitrogens is 3. The highest BCUT2D eigenvalue weighted by Gasteiger charge is 2.22. The number of hydrogen-bond donors (Lipinski definition) is 1. The van der Waals surface area contributed by atoms with Gasteiger partial charge in [-0.3, -0.25) is 10.3 Å². The van der Waals surface area contributed by atoms with Gasteiger partial charge in [0, 0.05) is 18.0 Å². The van der Waals surface area contributed by atoms with E-state index in [9.17, 15) is 9.18 Å². The molecule has 2 heterocycles. The average Bonchev–Trinajstić information content (AvgIpc) is 3.14. The maximum absolute atomic E-state index is 13.5. The first-order valence-corrected chi connectivity index (χ1v) is 7.88. The van der Waals surface area contributed by atoms with E-state index in [1.807, 2.05) is 6.07 Å². The van der Waals surface area contributed by atoms with Gasteiger partial charge in [-0.1, -0.05) is 17.3 Å². The predicted octanol–water partition coefficient (Wildman–Crippen LogP) is 2.58. The van der Waals surface area contributed by atoms with Gasteiger partial charge in [0.25, 0.3) is 0 Å². The molecule has 3 aromatic rings. The highest BCUT2D eigenvalue weighted by Crippen LogP contribution is 2.19. The van der Waals surface area contributed by atoms with E-state index in [2.05, 4.69) is 20.4 Å². The number of hydrogen-bond acceptors (Lipinski definition) is 7. The largest absolute Gasteiger partial charge is 0.468 e. The summed E-state index contributed by atoms with van der Waals surface area (Å²) in [6, 6.07) is 7.25. The van der Waals surface area contributed by atoms with Crippen LogP contribution in [-0.2, 0) is 16.1 Å². The molecule has 0 radical (unpaired) electrons. The molecule has 26 heavy (non-hydrogen) atoms. The third-order valence-corrected chi connectivity index (χ3v) is 3.80. The minimum atomic E-state index is -0.784. The number of esters is 1. The van der Waals surface area contributed by atoms with Crippen molar-refractivity contribution < 1.29 is 18.4 Å². The third kappa shape index (κ3) is 3.92. The number of methoxy groups -OCH3 is 1. The van der Waals surface area contributed by atoms with E-state index in [0.717, 1.165) is 5.56 Å². The Bertz CT molecular complexity index is 898. The summed E-state index contributed by atoms with van der Waals surface area (Å²) < 4.78 is 23.5. The minimum absolute atomic E-state index is 0.142. The summed E-state index contributed by atoms with van der Waals surface area (Å²) in [4.78, 5) is 20.4. The number of carbonyl (C=O) groups is 1. The SMILES string of the molecule is COC(=O)[C@H](NCc1nc(-c2cccnc2)no1)c1ccc(F)c(C)c1. The fourth-order valence-electron chi connectivity index (χ4n) is 2.43. The molecular weight excluding hydrogens is 339 g/mol. The van der Waals surface area contributed by atoms with Crippen molar-refractivity contribution >= 4 is 5.97 Å². The Hall–Kier alpha value is -3.13. The van der Waals surface area contributed by atoms with Crippen molar-refractivity contribution in [2.45, 2.75) is 19.5 Å². The lowest BCUT2D eigenvalue weighted by Gasteiger charge is -2.16. The van der Waals surface area contributed by atoms with Crippen molar-refractivity contribution in [3.05, 3.63) is 65.6 Å². The van der Waals surface area contributed by atoms with Gasteiger partial charge >= 0.3 is 5.97 Å². The molecular formula is C18H17FN4O3. The maximum Gasteiger partial charge on any atom is 0.327 e. The zero-order valence-electron chi connectivity index (χ0n) is 14.3. The van der Waals surface area contributed by atoms with Crippen molar-refractivity contribution in [1.29, 1.82) is 0 Å². The highest BCUT2D eigenvalue weighted by molar-refractivity contribution is 5.77. The summed E-state index contributed by atoms with van der Waals surface area (Å²) in [6.07, 6.45) is 3.28. The number of carbonyl (C=O) groups excluding carboxylic acids is 1. The molecule has 0 aliphatic carbocycles. The lowest BCUT2D eigenvalue weighted by Crippen LogP contribution is -2.29. The Labute approximate surface area is 149 Å². The summed E-state index contributed by atoms with van der Waals surface area (Å²) >= 11 is 0. The average molecular weight is 356 g/mol. The number of benzene rings is 1. The molecule has 3 rings (SSSR count). The van der Waals surface area contributed by atoms with Gasteiger partial charge in [0.15, 0.2) is 0 Å². The van der Waals surface area contributed by atoms with E-state index in [0.29, 0.717) is 22.8 Å². The Morgan fingerprint density at radius 2 is 2.23 bits per heavy atom. The zero-order valence-corrected chi connectivity index (χ0v) is 14.3. The van der Waals surface area contributed by atoms with E-state index in [-0.39, 0.29) is 12.4 Å². The summed E-state index contributed by atoms with van der Waals surface area (Å²) in [6.45, 7) is 1.77. The van der Waals surface area contributed by atoms with Crippen molar-refractivity contribution in [3.8, 4) is 11.4 Å². The van der Waals surface area contributed by atoms with Crippen LogP contribution < -0.4 is 5.32 Å². The van der Waals surface area contributed by atoms with Crippen LogP contribution in [0.5, 0.6) is 0 Å². The molecule has 0 spiro atoms. The fourth-order valence-corrected chi connectivity index (χ4v) is 2.43. The van der Waals surface area contributed by atoms with E-state index < -0.39 is 12.0 Å². The van der Waals surface area contributed by atoms with Gasteiger partial charge in [0.1, 0.15) is 11.9 Å². The molecule has 1 aromatic carbocycles. The molecule has 0 fully saturated rings. The first-order valence-electron chi connectivity index (χ1n) is 7.88. The number of nitrogens with zero attached hydrogens (tertiary/aromatic N) is 3. The molecule has 1 atom stereocenters. The number of halogens is 1. The number of rotatable bonds is 6. The topological polar surface area (TPSA) is 90.1 Å². The molecule has 0 aliphatic heterocycles. The quantitative estimate of drug-likeness (QED) is 0.679. The molecule has 0 saturated carbocycles.